The van der Waals surface area contributed by atoms with E-state index in [1.165, 1.54) is 0 Å². The summed E-state index contributed by atoms with van der Waals surface area (Å²) in [6, 6.07) is 12.8. The number of hydrogen-bond donors (Lipinski definition) is 2. The van der Waals surface area contributed by atoms with Gasteiger partial charge in [0.1, 0.15) is 22.8 Å². The fourth-order valence-corrected chi connectivity index (χ4v) is 3.48. The second-order valence-electron chi connectivity index (χ2n) is 7.03. The van der Waals surface area contributed by atoms with Crippen LogP contribution < -0.4 is 20.1 Å². The largest absolute Gasteiger partial charge is 0.497 e. The lowest BCUT2D eigenvalue weighted by Gasteiger charge is -2.20. The van der Waals surface area contributed by atoms with E-state index in [9.17, 15) is 4.79 Å². The maximum atomic E-state index is 12.6. The van der Waals surface area contributed by atoms with Gasteiger partial charge in [-0.1, -0.05) is 19.1 Å². The molecule has 2 unspecified atom stereocenters. The second kappa shape index (κ2) is 8.90. The number of aryl methyl sites for hydroxylation is 1. The normalized spacial score (nSPS) is 13.0. The molecule has 6 nitrogen and oxygen atoms in total. The van der Waals surface area contributed by atoms with Gasteiger partial charge in [-0.2, -0.15) is 0 Å². The molecule has 0 aliphatic carbocycles. The van der Waals surface area contributed by atoms with Crippen molar-refractivity contribution in [2.45, 2.75) is 39.3 Å². The van der Waals surface area contributed by atoms with E-state index in [0.29, 0.717) is 0 Å². The average Bonchev–Trinajstić information content (AvgIpc) is 3.08. The highest BCUT2D eigenvalue weighted by Gasteiger charge is 2.20. The summed E-state index contributed by atoms with van der Waals surface area (Å²) >= 11 is 0. The molecule has 2 atom stereocenters. The quantitative estimate of drug-likeness (QED) is 0.571. The first kappa shape index (κ1) is 20.6. The number of hydrogen-bond acceptors (Lipinski definition) is 4. The molecular formula is C23H28N2O4. The van der Waals surface area contributed by atoms with E-state index in [4.69, 9.17) is 13.9 Å². The highest BCUT2D eigenvalue weighted by atomic mass is 16.5. The molecular weight excluding hydrogens is 368 g/mol. The lowest BCUT2D eigenvalue weighted by atomic mass is 10.0. The molecule has 0 fully saturated rings. The van der Waals surface area contributed by atoms with Crippen molar-refractivity contribution >= 4 is 17.0 Å². The molecule has 2 aromatic carbocycles. The minimum atomic E-state index is -0.276. The summed E-state index contributed by atoms with van der Waals surface area (Å²) in [5, 5.41) is 7.01. The van der Waals surface area contributed by atoms with Crippen LogP contribution >= 0.6 is 0 Å². The Kier molecular flexibility index (Phi) is 6.32. The van der Waals surface area contributed by atoms with Crippen LogP contribution in [0.5, 0.6) is 11.5 Å². The molecule has 1 aromatic heterocycles. The van der Waals surface area contributed by atoms with Crippen molar-refractivity contribution < 1.29 is 18.7 Å². The van der Waals surface area contributed by atoms with Crippen LogP contribution in [-0.2, 0) is 0 Å². The molecule has 3 rings (SSSR count). The van der Waals surface area contributed by atoms with Crippen molar-refractivity contribution in [1.29, 1.82) is 0 Å². The minimum absolute atomic E-state index is 0.0888. The molecule has 154 valence electrons. The number of nitrogens with one attached hydrogen (secondary N) is 2. The predicted molar refractivity (Wildman–Crippen MR) is 114 cm³/mol. The summed E-state index contributed by atoms with van der Waals surface area (Å²) in [5.74, 6) is 2.30. The van der Waals surface area contributed by atoms with Crippen LogP contribution in [0.25, 0.3) is 11.0 Å². The third-order valence-electron chi connectivity index (χ3n) is 5.15. The van der Waals surface area contributed by atoms with Gasteiger partial charge < -0.3 is 24.5 Å². The van der Waals surface area contributed by atoms with Gasteiger partial charge in [-0.3, -0.25) is 0 Å². The topological polar surface area (TPSA) is 72.7 Å². The van der Waals surface area contributed by atoms with E-state index in [1.54, 1.807) is 14.2 Å². The smallest absolute Gasteiger partial charge is 0.315 e. The Balaban J connectivity index is 1.70. The number of urea groups is 1. The van der Waals surface area contributed by atoms with E-state index >= 15 is 0 Å². The highest BCUT2D eigenvalue weighted by Crippen LogP contribution is 2.32. The van der Waals surface area contributed by atoms with Gasteiger partial charge in [-0.05, 0) is 56.2 Å². The third kappa shape index (κ3) is 4.47. The number of rotatable bonds is 7. The maximum Gasteiger partial charge on any atom is 0.315 e. The van der Waals surface area contributed by atoms with Gasteiger partial charge in [0.05, 0.1) is 26.3 Å². The SMILES string of the molecule is CCC(NC(=O)NC(C)c1oc2ccc(OC)cc2c1C)c1ccc(OC)cc1. The van der Waals surface area contributed by atoms with Crippen LogP contribution in [0.4, 0.5) is 4.79 Å². The molecule has 0 bridgehead atoms. The monoisotopic (exact) mass is 396 g/mol. The number of methoxy groups -OCH3 is 2. The molecule has 0 aliphatic rings. The van der Waals surface area contributed by atoms with Gasteiger partial charge in [0.2, 0.25) is 0 Å². The third-order valence-corrected chi connectivity index (χ3v) is 5.15. The number of benzene rings is 2. The van der Waals surface area contributed by atoms with Crippen LogP contribution in [-0.4, -0.2) is 20.3 Å². The lowest BCUT2D eigenvalue weighted by molar-refractivity contribution is 0.232. The van der Waals surface area contributed by atoms with Gasteiger partial charge in [0.25, 0.3) is 0 Å². The summed E-state index contributed by atoms with van der Waals surface area (Å²) in [6.07, 6.45) is 0.775. The first-order valence-corrected chi connectivity index (χ1v) is 9.74. The summed E-state index contributed by atoms with van der Waals surface area (Å²) in [5.41, 5.74) is 2.80. The van der Waals surface area contributed by atoms with E-state index in [2.05, 4.69) is 10.6 Å². The van der Waals surface area contributed by atoms with Crippen LogP contribution in [0.15, 0.2) is 46.9 Å². The Labute approximate surface area is 171 Å². The van der Waals surface area contributed by atoms with Gasteiger partial charge in [-0.25, -0.2) is 4.79 Å². The standard InChI is InChI=1S/C23H28N2O4/c1-6-20(16-7-9-17(27-4)10-8-16)25-23(26)24-15(3)22-14(2)19-13-18(28-5)11-12-21(19)29-22/h7-13,15,20H,6H2,1-5H3,(H2,24,25,26). The summed E-state index contributed by atoms with van der Waals surface area (Å²) < 4.78 is 16.5. The zero-order chi connectivity index (χ0) is 21.0. The number of carbonyl (C=O) groups is 1. The fraction of sp³-hybridized carbons (Fsp3) is 0.348. The fourth-order valence-electron chi connectivity index (χ4n) is 3.48. The van der Waals surface area contributed by atoms with Crippen LogP contribution in [0.2, 0.25) is 0 Å². The number of fused-ring (bicyclic) bond motifs is 1. The van der Waals surface area contributed by atoms with Crippen molar-refractivity contribution in [3.63, 3.8) is 0 Å². The van der Waals surface area contributed by atoms with Gasteiger partial charge in [-0.15, -0.1) is 0 Å². The van der Waals surface area contributed by atoms with E-state index in [1.807, 2.05) is 63.2 Å². The minimum Gasteiger partial charge on any atom is -0.497 e. The number of carbonyl (C=O) groups excluding carboxylic acids is 1. The van der Waals surface area contributed by atoms with Gasteiger partial charge >= 0.3 is 6.03 Å². The molecule has 2 amide bonds. The average molecular weight is 396 g/mol. The van der Waals surface area contributed by atoms with E-state index < -0.39 is 0 Å². The van der Waals surface area contributed by atoms with Crippen LogP contribution in [0.3, 0.4) is 0 Å². The number of amides is 2. The van der Waals surface area contributed by atoms with Crippen LogP contribution in [0.1, 0.15) is 49.2 Å². The van der Waals surface area contributed by atoms with E-state index in [-0.39, 0.29) is 18.1 Å². The van der Waals surface area contributed by atoms with Crippen molar-refractivity contribution in [3.8, 4) is 11.5 Å². The Morgan fingerprint density at radius 1 is 1.03 bits per heavy atom. The Hall–Kier alpha value is -3.15. The van der Waals surface area contributed by atoms with Gasteiger partial charge in [0, 0.05) is 10.9 Å². The van der Waals surface area contributed by atoms with Crippen LogP contribution in [0, 0.1) is 6.92 Å². The highest BCUT2D eigenvalue weighted by molar-refractivity contribution is 5.84. The predicted octanol–water partition coefficient (Wildman–Crippen LogP) is 5.27. The Morgan fingerprint density at radius 2 is 1.69 bits per heavy atom. The first-order valence-electron chi connectivity index (χ1n) is 9.74. The Bertz CT molecular complexity index is 978. The molecule has 29 heavy (non-hydrogen) atoms. The van der Waals surface area contributed by atoms with Crippen molar-refractivity contribution in [2.24, 2.45) is 0 Å². The number of ether oxygens (including phenoxy) is 2. The molecule has 0 radical (unpaired) electrons. The number of furan rings is 1. The van der Waals surface area contributed by atoms with E-state index in [0.717, 1.165) is 45.8 Å². The lowest BCUT2D eigenvalue weighted by Crippen LogP contribution is -2.39. The van der Waals surface area contributed by atoms with Crippen molar-refractivity contribution in [3.05, 3.63) is 59.4 Å². The second-order valence-corrected chi connectivity index (χ2v) is 7.03. The molecule has 6 heteroatoms. The maximum absolute atomic E-state index is 12.6. The molecule has 0 saturated carbocycles. The van der Waals surface area contributed by atoms with Crippen molar-refractivity contribution in [2.75, 3.05) is 14.2 Å². The summed E-state index contributed by atoms with van der Waals surface area (Å²) in [7, 11) is 3.27. The molecule has 1 heterocycles. The first-order chi connectivity index (χ1) is 14.0. The molecule has 0 aliphatic heterocycles. The Morgan fingerprint density at radius 3 is 2.31 bits per heavy atom. The molecule has 3 aromatic rings. The molecule has 2 N–H and O–H groups in total. The zero-order valence-electron chi connectivity index (χ0n) is 17.5. The molecule has 0 saturated heterocycles. The molecule has 0 spiro atoms. The van der Waals surface area contributed by atoms with Gasteiger partial charge in [0.15, 0.2) is 0 Å². The summed E-state index contributed by atoms with van der Waals surface area (Å²) in [4.78, 5) is 12.6. The van der Waals surface area contributed by atoms with Crippen molar-refractivity contribution in [1.82, 2.24) is 10.6 Å². The zero-order valence-corrected chi connectivity index (χ0v) is 17.5. The summed E-state index contributed by atoms with van der Waals surface area (Å²) in [6.45, 7) is 5.94.